The SMILES string of the molecule is C=CC[C@@H](CC(=O)N(CCO)Cc1ccccc1)C(=O)N[C@H](C)COC(=O)[C@@H](CC=C)Cc1ccc(F)cc1. The first-order valence-electron chi connectivity index (χ1n) is 13.1. The average molecular weight is 539 g/mol. The Labute approximate surface area is 230 Å². The van der Waals surface area contributed by atoms with Crippen molar-refractivity contribution in [3.05, 3.63) is 96.9 Å². The molecule has 0 unspecified atom stereocenters. The van der Waals surface area contributed by atoms with Crippen molar-refractivity contribution in [3.8, 4) is 0 Å². The number of allylic oxidation sites excluding steroid dienone is 2. The van der Waals surface area contributed by atoms with Crippen molar-refractivity contribution in [2.75, 3.05) is 19.8 Å². The van der Waals surface area contributed by atoms with E-state index in [9.17, 15) is 23.9 Å². The van der Waals surface area contributed by atoms with Crippen LogP contribution in [0.2, 0.25) is 0 Å². The average Bonchev–Trinajstić information content (AvgIpc) is 2.92. The van der Waals surface area contributed by atoms with Crippen LogP contribution in [0.4, 0.5) is 4.39 Å². The highest BCUT2D eigenvalue weighted by Crippen LogP contribution is 2.17. The third kappa shape index (κ3) is 11.2. The largest absolute Gasteiger partial charge is 0.463 e. The molecule has 2 aromatic carbocycles. The Morgan fingerprint density at radius 1 is 1.00 bits per heavy atom. The van der Waals surface area contributed by atoms with E-state index in [4.69, 9.17) is 4.74 Å². The van der Waals surface area contributed by atoms with Crippen molar-refractivity contribution >= 4 is 17.8 Å². The molecule has 39 heavy (non-hydrogen) atoms. The second-order valence-electron chi connectivity index (χ2n) is 9.54. The first kappa shape index (κ1) is 31.4. The molecule has 0 bridgehead atoms. The molecule has 0 saturated carbocycles. The zero-order valence-electron chi connectivity index (χ0n) is 22.6. The minimum atomic E-state index is -0.655. The standard InChI is InChI=1S/C31H39FN2O5/c1-4-9-26(20-29(36)34(17-18-35)21-25-11-7-6-8-12-25)30(37)33-23(3)22-39-31(38)27(10-5-2)19-24-13-15-28(32)16-14-24/h4-8,11-16,23,26-27,35H,1-2,9-10,17-22H2,3H3,(H,33,37)/t23-,26+,27+/m1/s1. The molecule has 2 rings (SSSR count). The fraction of sp³-hybridized carbons (Fsp3) is 0.387. The van der Waals surface area contributed by atoms with Crippen molar-refractivity contribution in [1.82, 2.24) is 10.2 Å². The summed E-state index contributed by atoms with van der Waals surface area (Å²) in [6.45, 7) is 9.39. The van der Waals surface area contributed by atoms with Gasteiger partial charge in [-0.3, -0.25) is 14.4 Å². The number of esters is 1. The van der Waals surface area contributed by atoms with E-state index < -0.39 is 23.8 Å². The Balaban J connectivity index is 1.92. The molecule has 0 fully saturated rings. The number of aliphatic hydroxyl groups is 1. The molecule has 7 nitrogen and oxygen atoms in total. The number of benzene rings is 2. The number of nitrogens with one attached hydrogen (secondary N) is 1. The third-order valence-electron chi connectivity index (χ3n) is 6.23. The van der Waals surface area contributed by atoms with Gasteiger partial charge in [-0.05, 0) is 49.4 Å². The summed E-state index contributed by atoms with van der Waals surface area (Å²) in [5, 5.41) is 12.3. The van der Waals surface area contributed by atoms with Crippen LogP contribution in [0.15, 0.2) is 79.9 Å². The zero-order chi connectivity index (χ0) is 28.6. The quantitative estimate of drug-likeness (QED) is 0.232. The first-order valence-corrected chi connectivity index (χ1v) is 13.1. The molecule has 0 spiro atoms. The lowest BCUT2D eigenvalue weighted by Crippen LogP contribution is -2.42. The highest BCUT2D eigenvalue weighted by atomic mass is 19.1. The summed E-state index contributed by atoms with van der Waals surface area (Å²) in [5.74, 6) is -2.51. The first-order chi connectivity index (χ1) is 18.8. The molecule has 0 radical (unpaired) electrons. The van der Waals surface area contributed by atoms with Crippen LogP contribution in [0.1, 0.15) is 37.3 Å². The molecule has 0 heterocycles. The molecule has 2 N–H and O–H groups in total. The predicted molar refractivity (Wildman–Crippen MR) is 149 cm³/mol. The molecule has 0 aliphatic heterocycles. The lowest BCUT2D eigenvalue weighted by atomic mass is 9.96. The maximum absolute atomic E-state index is 13.2. The highest BCUT2D eigenvalue weighted by Gasteiger charge is 2.26. The van der Waals surface area contributed by atoms with Gasteiger partial charge in [0.1, 0.15) is 12.4 Å². The van der Waals surface area contributed by atoms with Gasteiger partial charge in [0.15, 0.2) is 0 Å². The van der Waals surface area contributed by atoms with Crippen LogP contribution in [0.3, 0.4) is 0 Å². The lowest BCUT2D eigenvalue weighted by Gasteiger charge is -2.25. The van der Waals surface area contributed by atoms with Crippen molar-refractivity contribution in [2.24, 2.45) is 11.8 Å². The summed E-state index contributed by atoms with van der Waals surface area (Å²) in [4.78, 5) is 40.3. The normalized spacial score (nSPS) is 13.0. The summed E-state index contributed by atoms with van der Waals surface area (Å²) in [6, 6.07) is 14.9. The van der Waals surface area contributed by atoms with Gasteiger partial charge >= 0.3 is 5.97 Å². The molecule has 0 aliphatic rings. The molecule has 0 saturated heterocycles. The van der Waals surface area contributed by atoms with Crippen molar-refractivity contribution < 1.29 is 28.6 Å². The van der Waals surface area contributed by atoms with E-state index in [1.54, 1.807) is 31.2 Å². The van der Waals surface area contributed by atoms with Crippen LogP contribution < -0.4 is 5.32 Å². The van der Waals surface area contributed by atoms with Crippen LogP contribution in [-0.4, -0.2) is 53.6 Å². The summed E-state index contributed by atoms with van der Waals surface area (Å²) in [7, 11) is 0. The highest BCUT2D eigenvalue weighted by molar-refractivity contribution is 5.86. The summed E-state index contributed by atoms with van der Waals surface area (Å²) >= 11 is 0. The number of hydrogen-bond donors (Lipinski definition) is 2. The van der Waals surface area contributed by atoms with Crippen LogP contribution in [0.25, 0.3) is 0 Å². The molecule has 2 aromatic rings. The van der Waals surface area contributed by atoms with Gasteiger partial charge in [-0.1, -0.05) is 54.6 Å². The van der Waals surface area contributed by atoms with Crippen LogP contribution >= 0.6 is 0 Å². The lowest BCUT2D eigenvalue weighted by molar-refractivity contribution is -0.149. The van der Waals surface area contributed by atoms with E-state index >= 15 is 0 Å². The molecule has 210 valence electrons. The molecule has 2 amide bonds. The van der Waals surface area contributed by atoms with Gasteiger partial charge in [-0.15, -0.1) is 13.2 Å². The van der Waals surface area contributed by atoms with Gasteiger partial charge in [-0.25, -0.2) is 4.39 Å². The van der Waals surface area contributed by atoms with Crippen LogP contribution in [0, 0.1) is 17.7 Å². The fourth-order valence-corrected chi connectivity index (χ4v) is 4.14. The summed E-state index contributed by atoms with van der Waals surface area (Å²) in [6.07, 6.45) is 4.24. The second kappa shape index (κ2) is 16.9. The van der Waals surface area contributed by atoms with Crippen LogP contribution in [-0.2, 0) is 32.1 Å². The second-order valence-corrected chi connectivity index (χ2v) is 9.54. The van der Waals surface area contributed by atoms with Crippen LogP contribution in [0.5, 0.6) is 0 Å². The fourth-order valence-electron chi connectivity index (χ4n) is 4.14. The number of ether oxygens (including phenoxy) is 1. The monoisotopic (exact) mass is 538 g/mol. The number of rotatable bonds is 17. The van der Waals surface area contributed by atoms with Gasteiger partial charge in [-0.2, -0.15) is 0 Å². The minimum Gasteiger partial charge on any atom is -0.463 e. The minimum absolute atomic E-state index is 0.0406. The number of nitrogens with zero attached hydrogens (tertiary/aromatic N) is 1. The van der Waals surface area contributed by atoms with Gasteiger partial charge in [0.05, 0.1) is 24.5 Å². The molecule has 8 heteroatoms. The number of aliphatic hydroxyl groups excluding tert-OH is 1. The summed E-state index contributed by atoms with van der Waals surface area (Å²) < 4.78 is 18.7. The third-order valence-corrected chi connectivity index (χ3v) is 6.23. The molecular weight excluding hydrogens is 499 g/mol. The van der Waals surface area contributed by atoms with E-state index in [2.05, 4.69) is 18.5 Å². The van der Waals surface area contributed by atoms with E-state index in [1.807, 2.05) is 30.3 Å². The molecular formula is C31H39FN2O5. The van der Waals surface area contributed by atoms with E-state index in [0.29, 0.717) is 25.8 Å². The van der Waals surface area contributed by atoms with Gasteiger partial charge in [0.2, 0.25) is 11.8 Å². The predicted octanol–water partition coefficient (Wildman–Crippen LogP) is 4.21. The van der Waals surface area contributed by atoms with Gasteiger partial charge in [0.25, 0.3) is 0 Å². The molecule has 0 aromatic heterocycles. The number of carbonyl (C=O) groups is 3. The number of hydrogen-bond acceptors (Lipinski definition) is 5. The van der Waals surface area contributed by atoms with Gasteiger partial charge in [0, 0.05) is 19.5 Å². The topological polar surface area (TPSA) is 95.9 Å². The smallest absolute Gasteiger partial charge is 0.309 e. The maximum Gasteiger partial charge on any atom is 0.309 e. The van der Waals surface area contributed by atoms with Crippen molar-refractivity contribution in [3.63, 3.8) is 0 Å². The zero-order valence-corrected chi connectivity index (χ0v) is 22.6. The Bertz CT molecular complexity index is 1070. The number of carbonyl (C=O) groups excluding carboxylic acids is 3. The Kier molecular flexibility index (Phi) is 13.7. The van der Waals surface area contributed by atoms with E-state index in [1.165, 1.54) is 17.0 Å². The summed E-state index contributed by atoms with van der Waals surface area (Å²) in [5.41, 5.74) is 1.73. The Morgan fingerprint density at radius 2 is 1.64 bits per heavy atom. The van der Waals surface area contributed by atoms with E-state index in [-0.39, 0.29) is 43.8 Å². The van der Waals surface area contributed by atoms with Crippen molar-refractivity contribution in [2.45, 2.75) is 45.2 Å². The molecule has 0 aliphatic carbocycles. The number of amides is 2. The van der Waals surface area contributed by atoms with Crippen molar-refractivity contribution in [1.29, 1.82) is 0 Å². The van der Waals surface area contributed by atoms with Gasteiger partial charge < -0.3 is 20.1 Å². The maximum atomic E-state index is 13.2. The van der Waals surface area contributed by atoms with E-state index in [0.717, 1.165) is 11.1 Å². The Hall–Kier alpha value is -3.78. The molecule has 3 atom stereocenters. The Morgan fingerprint density at radius 3 is 2.26 bits per heavy atom. The number of halogens is 1.